The molecule has 0 fully saturated rings. The Morgan fingerprint density at radius 1 is 1.71 bits per heavy atom. The fourth-order valence-corrected chi connectivity index (χ4v) is 0.830. The Morgan fingerprint density at radius 2 is 2.43 bits per heavy atom. The third-order valence-electron chi connectivity index (χ3n) is 1.65. The first-order valence-electron chi connectivity index (χ1n) is 2.80. The van der Waals surface area contributed by atoms with Gasteiger partial charge < -0.3 is 0 Å². The first kappa shape index (κ1) is 4.89. The minimum atomic E-state index is 0.750. The maximum Gasteiger partial charge on any atom is -0.0200 e. The molecule has 0 heteroatoms. The molecule has 0 amide bonds. The van der Waals surface area contributed by atoms with Crippen molar-refractivity contribution in [2.24, 2.45) is 5.92 Å². The van der Waals surface area contributed by atoms with Crippen LogP contribution in [0.1, 0.15) is 20.3 Å². The van der Waals surface area contributed by atoms with Crippen LogP contribution < -0.4 is 0 Å². The first-order chi connectivity index (χ1) is 3.30. The van der Waals surface area contributed by atoms with Gasteiger partial charge in [-0.1, -0.05) is 18.6 Å². The van der Waals surface area contributed by atoms with Crippen molar-refractivity contribution >= 4 is 0 Å². The maximum absolute atomic E-state index is 2.33. The summed E-state index contributed by atoms with van der Waals surface area (Å²) in [7, 11) is 0. The summed E-state index contributed by atoms with van der Waals surface area (Å²) in [4.78, 5) is 0. The molecule has 0 aliphatic heterocycles. The van der Waals surface area contributed by atoms with Gasteiger partial charge in [0.05, 0.1) is 0 Å². The summed E-state index contributed by atoms with van der Waals surface area (Å²) in [5.41, 5.74) is 1.53. The monoisotopic (exact) mass is 95.1 g/mol. The van der Waals surface area contributed by atoms with Gasteiger partial charge in [0.15, 0.2) is 0 Å². The summed E-state index contributed by atoms with van der Waals surface area (Å²) in [6.45, 7) is 4.42. The zero-order chi connectivity index (χ0) is 5.28. The van der Waals surface area contributed by atoms with Crippen molar-refractivity contribution in [2.75, 3.05) is 0 Å². The molecule has 0 aromatic rings. The molecule has 0 heterocycles. The smallest absolute Gasteiger partial charge is 0.0200 e. The quantitative estimate of drug-likeness (QED) is 0.404. The van der Waals surface area contributed by atoms with Crippen LogP contribution >= 0.6 is 0 Å². The summed E-state index contributed by atoms with van der Waals surface area (Å²) in [6, 6.07) is 0. The second-order valence-electron chi connectivity index (χ2n) is 2.21. The number of hydrogen-bond donors (Lipinski definition) is 0. The fraction of sp³-hybridized carbons (Fsp3) is 0.571. The summed E-state index contributed by atoms with van der Waals surface area (Å²) in [5, 5.41) is 0. The van der Waals surface area contributed by atoms with Gasteiger partial charge in [0.2, 0.25) is 0 Å². The Kier molecular flexibility index (Phi) is 1.18. The summed E-state index contributed by atoms with van der Waals surface area (Å²) in [5.74, 6) is 0.750. The average Bonchev–Trinajstić information content (AvgIpc) is 1.91. The van der Waals surface area contributed by atoms with Crippen LogP contribution in [0.2, 0.25) is 0 Å². The summed E-state index contributed by atoms with van der Waals surface area (Å²) < 4.78 is 0. The molecule has 0 bridgehead atoms. The Morgan fingerprint density at radius 3 is 2.57 bits per heavy atom. The van der Waals surface area contributed by atoms with Gasteiger partial charge in [-0.2, -0.15) is 0 Å². The molecular weight excluding hydrogens is 84.1 g/mol. The zero-order valence-corrected chi connectivity index (χ0v) is 4.94. The highest BCUT2D eigenvalue weighted by Gasteiger charge is 2.08. The summed E-state index contributed by atoms with van der Waals surface area (Å²) >= 11 is 0. The Bertz CT molecular complexity index is 90.2. The van der Waals surface area contributed by atoms with E-state index in [0.717, 1.165) is 5.92 Å². The lowest BCUT2D eigenvalue weighted by Gasteiger charge is -1.98. The molecule has 0 aromatic heterocycles. The van der Waals surface area contributed by atoms with Gasteiger partial charge in [-0.3, -0.25) is 0 Å². The van der Waals surface area contributed by atoms with Crippen LogP contribution in [0.5, 0.6) is 0 Å². The van der Waals surface area contributed by atoms with Gasteiger partial charge in [0, 0.05) is 0 Å². The molecule has 1 radical (unpaired) electrons. The van der Waals surface area contributed by atoms with E-state index in [1.54, 1.807) is 0 Å². The van der Waals surface area contributed by atoms with Crippen LogP contribution in [0.15, 0.2) is 11.6 Å². The molecule has 1 rings (SSSR count). The molecule has 1 aliphatic rings. The first-order valence-corrected chi connectivity index (χ1v) is 2.80. The van der Waals surface area contributed by atoms with Crippen molar-refractivity contribution in [2.45, 2.75) is 20.3 Å². The van der Waals surface area contributed by atoms with Crippen molar-refractivity contribution in [1.82, 2.24) is 0 Å². The van der Waals surface area contributed by atoms with E-state index in [2.05, 4.69) is 26.3 Å². The molecule has 0 N–H and O–H groups in total. The van der Waals surface area contributed by atoms with E-state index in [1.165, 1.54) is 12.0 Å². The van der Waals surface area contributed by atoms with E-state index in [9.17, 15) is 0 Å². The predicted molar refractivity (Wildman–Crippen MR) is 31.8 cm³/mol. The predicted octanol–water partition coefficient (Wildman–Crippen LogP) is 2.18. The molecule has 1 unspecified atom stereocenters. The van der Waals surface area contributed by atoms with E-state index in [1.807, 2.05) is 0 Å². The van der Waals surface area contributed by atoms with Gasteiger partial charge >= 0.3 is 0 Å². The molecule has 0 spiro atoms. The number of rotatable bonds is 0. The lowest BCUT2D eigenvalue weighted by atomic mass is 10.1. The molecular formula is C7H11. The standard InChI is InChI=1S/C7H11/c1-6-4-3-5-7(6)2/h4-6H,3H2,1-2H3. The molecule has 1 aliphatic carbocycles. The Hall–Kier alpha value is -0.260. The third-order valence-corrected chi connectivity index (χ3v) is 1.65. The van der Waals surface area contributed by atoms with E-state index in [-0.39, 0.29) is 0 Å². The lowest BCUT2D eigenvalue weighted by molar-refractivity contribution is 0.819. The van der Waals surface area contributed by atoms with Gasteiger partial charge in [-0.05, 0) is 25.7 Å². The van der Waals surface area contributed by atoms with Crippen molar-refractivity contribution in [1.29, 1.82) is 0 Å². The molecule has 1 atom stereocenters. The normalized spacial score (nSPS) is 30.6. The summed E-state index contributed by atoms with van der Waals surface area (Å²) in [6.07, 6.45) is 5.80. The zero-order valence-electron chi connectivity index (χ0n) is 4.94. The Labute approximate surface area is 45.2 Å². The van der Waals surface area contributed by atoms with Gasteiger partial charge in [-0.25, -0.2) is 0 Å². The highest BCUT2D eigenvalue weighted by Crippen LogP contribution is 2.22. The van der Waals surface area contributed by atoms with Gasteiger partial charge in [0.25, 0.3) is 0 Å². The highest BCUT2D eigenvalue weighted by atomic mass is 14.1. The molecule has 0 aromatic carbocycles. The molecule has 0 saturated carbocycles. The fourth-order valence-electron chi connectivity index (χ4n) is 0.830. The highest BCUT2D eigenvalue weighted by molar-refractivity contribution is 5.15. The lowest BCUT2D eigenvalue weighted by Crippen LogP contribution is -1.86. The second kappa shape index (κ2) is 1.69. The van der Waals surface area contributed by atoms with Crippen LogP contribution in [-0.4, -0.2) is 0 Å². The van der Waals surface area contributed by atoms with E-state index >= 15 is 0 Å². The minimum absolute atomic E-state index is 0.750. The van der Waals surface area contributed by atoms with Crippen LogP contribution in [-0.2, 0) is 0 Å². The molecule has 7 heavy (non-hydrogen) atoms. The van der Waals surface area contributed by atoms with Crippen LogP contribution in [0.3, 0.4) is 0 Å². The van der Waals surface area contributed by atoms with Crippen molar-refractivity contribution in [3.63, 3.8) is 0 Å². The average molecular weight is 95.2 g/mol. The molecule has 39 valence electrons. The van der Waals surface area contributed by atoms with Crippen molar-refractivity contribution in [3.05, 3.63) is 18.1 Å². The van der Waals surface area contributed by atoms with Gasteiger partial charge in [-0.15, -0.1) is 0 Å². The number of allylic oxidation sites excluding steroid dienone is 2. The maximum atomic E-state index is 2.33. The largest absolute Gasteiger partial charge is 0.0850 e. The molecule has 0 nitrogen and oxygen atoms in total. The Balaban J connectivity index is 2.54. The third kappa shape index (κ3) is 0.846. The second-order valence-corrected chi connectivity index (χ2v) is 2.21. The minimum Gasteiger partial charge on any atom is -0.0850 e. The van der Waals surface area contributed by atoms with Gasteiger partial charge in [0.1, 0.15) is 0 Å². The van der Waals surface area contributed by atoms with Crippen molar-refractivity contribution in [3.8, 4) is 0 Å². The van der Waals surface area contributed by atoms with E-state index < -0.39 is 0 Å². The van der Waals surface area contributed by atoms with Crippen molar-refractivity contribution < 1.29 is 0 Å². The van der Waals surface area contributed by atoms with Crippen LogP contribution in [0.4, 0.5) is 0 Å². The van der Waals surface area contributed by atoms with Crippen LogP contribution in [0.25, 0.3) is 0 Å². The van der Waals surface area contributed by atoms with E-state index in [0.29, 0.717) is 0 Å². The van der Waals surface area contributed by atoms with Crippen LogP contribution in [0, 0.1) is 12.3 Å². The molecule has 0 saturated heterocycles. The topological polar surface area (TPSA) is 0 Å². The van der Waals surface area contributed by atoms with E-state index in [4.69, 9.17) is 0 Å². The number of hydrogen-bond acceptors (Lipinski definition) is 0. The SMILES string of the molecule is CC1=CC[CH]C1C.